The third kappa shape index (κ3) is 3.17. The third-order valence-corrected chi connectivity index (χ3v) is 5.56. The Bertz CT molecular complexity index is 1030. The zero-order valence-electron chi connectivity index (χ0n) is 15.4. The molecule has 0 aliphatic heterocycles. The minimum atomic E-state index is -1.05. The molecule has 0 radical (unpaired) electrons. The molecule has 0 unspecified atom stereocenters. The van der Waals surface area contributed by atoms with E-state index in [0.29, 0.717) is 16.0 Å². The lowest BCUT2D eigenvalue weighted by molar-refractivity contribution is -0.147. The van der Waals surface area contributed by atoms with Crippen molar-refractivity contribution in [1.82, 2.24) is 9.55 Å². The van der Waals surface area contributed by atoms with E-state index in [0.717, 1.165) is 17.5 Å². The Balaban J connectivity index is 2.18. The van der Waals surface area contributed by atoms with Gasteiger partial charge in [-0.3, -0.25) is 14.2 Å². The van der Waals surface area contributed by atoms with E-state index in [2.05, 4.69) is 24.0 Å². The number of aromatic nitrogens is 2. The maximum absolute atomic E-state index is 13.2. The molecule has 1 aromatic carbocycles. The van der Waals surface area contributed by atoms with Crippen LogP contribution >= 0.6 is 11.3 Å². The standard InChI is InChI=1S/C20H22N2O3S/c1-5-13-6-8-14(9-7-13)15-10-26-17-16(15)18(23)22(12(2)21-17)11-20(3,4)19(24)25/h6-10H,5,11H2,1-4H3,(H,24,25). The Hall–Kier alpha value is -2.47. The summed E-state index contributed by atoms with van der Waals surface area (Å²) in [6.45, 7) is 7.16. The van der Waals surface area contributed by atoms with Crippen molar-refractivity contribution in [2.24, 2.45) is 5.41 Å². The molecular weight excluding hydrogens is 348 g/mol. The molecule has 0 bridgehead atoms. The smallest absolute Gasteiger partial charge is 0.310 e. The second-order valence-electron chi connectivity index (χ2n) is 7.12. The van der Waals surface area contributed by atoms with Crippen LogP contribution < -0.4 is 5.56 Å². The average Bonchev–Trinajstić information content (AvgIpc) is 3.02. The maximum atomic E-state index is 13.2. The van der Waals surface area contributed by atoms with Crippen molar-refractivity contribution in [2.75, 3.05) is 0 Å². The van der Waals surface area contributed by atoms with Gasteiger partial charge in [-0.15, -0.1) is 11.3 Å². The average molecular weight is 370 g/mol. The van der Waals surface area contributed by atoms with E-state index in [-0.39, 0.29) is 12.1 Å². The third-order valence-electron chi connectivity index (χ3n) is 4.69. The summed E-state index contributed by atoms with van der Waals surface area (Å²) in [7, 11) is 0. The molecule has 0 atom stereocenters. The summed E-state index contributed by atoms with van der Waals surface area (Å²) < 4.78 is 1.48. The highest BCUT2D eigenvalue weighted by Crippen LogP contribution is 2.31. The number of aryl methyl sites for hydroxylation is 2. The molecule has 5 nitrogen and oxygen atoms in total. The summed E-state index contributed by atoms with van der Waals surface area (Å²) in [5.41, 5.74) is 1.83. The number of thiophene rings is 1. The van der Waals surface area contributed by atoms with Crippen LogP contribution in [0.5, 0.6) is 0 Å². The van der Waals surface area contributed by atoms with Crippen LogP contribution in [0.15, 0.2) is 34.4 Å². The lowest BCUT2D eigenvalue weighted by Crippen LogP contribution is -2.35. The first-order valence-electron chi connectivity index (χ1n) is 8.56. The molecule has 26 heavy (non-hydrogen) atoms. The van der Waals surface area contributed by atoms with E-state index in [1.54, 1.807) is 20.8 Å². The van der Waals surface area contributed by atoms with Crippen LogP contribution in [0.25, 0.3) is 21.3 Å². The van der Waals surface area contributed by atoms with Crippen molar-refractivity contribution in [2.45, 2.75) is 40.7 Å². The maximum Gasteiger partial charge on any atom is 0.310 e. The number of carbonyl (C=O) groups is 1. The van der Waals surface area contributed by atoms with E-state index in [1.165, 1.54) is 21.5 Å². The Kier molecular flexibility index (Phi) is 4.71. The van der Waals surface area contributed by atoms with E-state index in [4.69, 9.17) is 0 Å². The molecule has 6 heteroatoms. The van der Waals surface area contributed by atoms with Gasteiger partial charge in [-0.25, -0.2) is 4.98 Å². The largest absolute Gasteiger partial charge is 0.481 e. The SMILES string of the molecule is CCc1ccc(-c2csc3nc(C)n(CC(C)(C)C(=O)O)c(=O)c23)cc1. The molecule has 3 rings (SSSR count). The van der Waals surface area contributed by atoms with Gasteiger partial charge in [0.2, 0.25) is 0 Å². The number of aliphatic carboxylic acids is 1. The van der Waals surface area contributed by atoms with Gasteiger partial charge in [0.25, 0.3) is 5.56 Å². The number of hydrogen-bond acceptors (Lipinski definition) is 4. The lowest BCUT2D eigenvalue weighted by Gasteiger charge is -2.21. The molecule has 136 valence electrons. The second kappa shape index (κ2) is 6.68. The van der Waals surface area contributed by atoms with Gasteiger partial charge in [-0.1, -0.05) is 31.2 Å². The van der Waals surface area contributed by atoms with Crippen molar-refractivity contribution >= 4 is 27.5 Å². The first-order chi connectivity index (χ1) is 12.2. The first kappa shape index (κ1) is 18.3. The number of nitrogens with zero attached hydrogens (tertiary/aromatic N) is 2. The fraction of sp³-hybridized carbons (Fsp3) is 0.350. The highest BCUT2D eigenvalue weighted by molar-refractivity contribution is 7.17. The molecule has 2 heterocycles. The van der Waals surface area contributed by atoms with Crippen LogP contribution in [-0.4, -0.2) is 20.6 Å². The molecule has 0 saturated heterocycles. The normalized spacial score (nSPS) is 11.8. The molecule has 0 saturated carbocycles. The molecule has 0 aliphatic carbocycles. The highest BCUT2D eigenvalue weighted by Gasteiger charge is 2.29. The predicted molar refractivity (Wildman–Crippen MR) is 105 cm³/mol. The van der Waals surface area contributed by atoms with Crippen molar-refractivity contribution in [1.29, 1.82) is 0 Å². The van der Waals surface area contributed by atoms with Gasteiger partial charge in [0, 0.05) is 17.5 Å². The topological polar surface area (TPSA) is 72.2 Å². The number of carboxylic acid groups (broad SMARTS) is 1. The minimum absolute atomic E-state index is 0.0833. The second-order valence-corrected chi connectivity index (χ2v) is 7.98. The number of carboxylic acids is 1. The van der Waals surface area contributed by atoms with Crippen molar-refractivity contribution in [3.63, 3.8) is 0 Å². The molecular formula is C20H22N2O3S. The zero-order valence-corrected chi connectivity index (χ0v) is 16.2. The van der Waals surface area contributed by atoms with Gasteiger partial charge >= 0.3 is 5.97 Å². The Morgan fingerprint density at radius 3 is 2.50 bits per heavy atom. The summed E-state index contributed by atoms with van der Waals surface area (Å²) in [4.78, 5) is 29.9. The Morgan fingerprint density at radius 1 is 1.27 bits per heavy atom. The summed E-state index contributed by atoms with van der Waals surface area (Å²) in [5.74, 6) is -0.406. The molecule has 1 N–H and O–H groups in total. The van der Waals surface area contributed by atoms with Gasteiger partial charge in [0.1, 0.15) is 10.7 Å². The summed E-state index contributed by atoms with van der Waals surface area (Å²) in [6.07, 6.45) is 0.961. The fourth-order valence-electron chi connectivity index (χ4n) is 2.91. The number of fused-ring (bicyclic) bond motifs is 1. The van der Waals surface area contributed by atoms with Crippen LogP contribution in [0.3, 0.4) is 0 Å². The molecule has 0 amide bonds. The van der Waals surface area contributed by atoms with Gasteiger partial charge in [-0.05, 0) is 38.3 Å². The van der Waals surface area contributed by atoms with Crippen LogP contribution in [0.4, 0.5) is 0 Å². The van der Waals surface area contributed by atoms with Gasteiger partial charge < -0.3 is 5.11 Å². The summed E-state index contributed by atoms with van der Waals surface area (Å²) in [5, 5.41) is 11.9. The van der Waals surface area contributed by atoms with E-state index < -0.39 is 11.4 Å². The van der Waals surface area contributed by atoms with Crippen molar-refractivity contribution in [3.8, 4) is 11.1 Å². The monoisotopic (exact) mass is 370 g/mol. The number of hydrogen-bond donors (Lipinski definition) is 1. The van der Waals surface area contributed by atoms with Crippen LogP contribution in [-0.2, 0) is 17.8 Å². The molecule has 3 aromatic rings. The molecule has 0 aliphatic rings. The van der Waals surface area contributed by atoms with Crippen molar-refractivity contribution in [3.05, 3.63) is 51.4 Å². The minimum Gasteiger partial charge on any atom is -0.481 e. The Morgan fingerprint density at radius 2 is 1.92 bits per heavy atom. The van der Waals surface area contributed by atoms with E-state index in [1.807, 2.05) is 17.5 Å². The van der Waals surface area contributed by atoms with Crippen molar-refractivity contribution < 1.29 is 9.90 Å². The lowest BCUT2D eigenvalue weighted by atomic mass is 9.93. The van der Waals surface area contributed by atoms with Gasteiger partial charge in [0.05, 0.1) is 10.8 Å². The van der Waals surface area contributed by atoms with Crippen LogP contribution in [0.2, 0.25) is 0 Å². The van der Waals surface area contributed by atoms with Gasteiger partial charge in [0.15, 0.2) is 0 Å². The molecule has 2 aromatic heterocycles. The van der Waals surface area contributed by atoms with Crippen LogP contribution in [0.1, 0.15) is 32.2 Å². The zero-order chi connectivity index (χ0) is 19.1. The molecule has 0 spiro atoms. The fourth-order valence-corrected chi connectivity index (χ4v) is 3.89. The first-order valence-corrected chi connectivity index (χ1v) is 9.44. The predicted octanol–water partition coefficient (Wildman–Crippen LogP) is 4.11. The van der Waals surface area contributed by atoms with Crippen LogP contribution in [0, 0.1) is 12.3 Å². The van der Waals surface area contributed by atoms with E-state index >= 15 is 0 Å². The number of benzene rings is 1. The summed E-state index contributed by atoms with van der Waals surface area (Å²) in [6, 6.07) is 8.16. The molecule has 0 fully saturated rings. The summed E-state index contributed by atoms with van der Waals surface area (Å²) >= 11 is 1.44. The van der Waals surface area contributed by atoms with E-state index in [9.17, 15) is 14.7 Å². The van der Waals surface area contributed by atoms with Gasteiger partial charge in [-0.2, -0.15) is 0 Å². The highest BCUT2D eigenvalue weighted by atomic mass is 32.1. The Labute approximate surface area is 155 Å². The quantitative estimate of drug-likeness (QED) is 0.734. The number of rotatable bonds is 5.